The molecule has 0 spiro atoms. The van der Waals surface area contributed by atoms with Crippen molar-refractivity contribution in [3.63, 3.8) is 0 Å². The highest BCUT2D eigenvalue weighted by Crippen LogP contribution is 2.26. The molecule has 1 amide bonds. The standard InChI is InChI=1S/C22H25NO3/c1-15-11-16(2)13-19(12-15)23-21(24)14-17-7-9-20(10-8-17)26-22(25)18-5-3-4-6-18/h7-13,18H,3-6,14H2,1-2H3,(H,23,24). The van der Waals surface area contributed by atoms with Gasteiger partial charge in [-0.05, 0) is 67.6 Å². The highest BCUT2D eigenvalue weighted by molar-refractivity contribution is 5.92. The molecule has 0 radical (unpaired) electrons. The summed E-state index contributed by atoms with van der Waals surface area (Å²) in [5.41, 5.74) is 3.93. The number of esters is 1. The lowest BCUT2D eigenvalue weighted by molar-refractivity contribution is -0.138. The average molecular weight is 351 g/mol. The third-order valence-corrected chi connectivity index (χ3v) is 4.70. The molecule has 3 rings (SSSR count). The topological polar surface area (TPSA) is 55.4 Å². The van der Waals surface area contributed by atoms with E-state index in [0.29, 0.717) is 5.75 Å². The number of carbonyl (C=O) groups is 2. The van der Waals surface area contributed by atoms with Crippen LogP contribution in [-0.4, -0.2) is 11.9 Å². The molecule has 136 valence electrons. The molecule has 0 bridgehead atoms. The van der Waals surface area contributed by atoms with E-state index in [1.54, 1.807) is 12.1 Å². The van der Waals surface area contributed by atoms with Crippen LogP contribution in [0.4, 0.5) is 5.69 Å². The van der Waals surface area contributed by atoms with E-state index in [4.69, 9.17) is 4.74 Å². The van der Waals surface area contributed by atoms with Gasteiger partial charge in [0, 0.05) is 5.69 Å². The molecule has 0 atom stereocenters. The Morgan fingerprint density at radius 1 is 1.00 bits per heavy atom. The summed E-state index contributed by atoms with van der Waals surface area (Å²) < 4.78 is 5.44. The third kappa shape index (κ3) is 4.94. The summed E-state index contributed by atoms with van der Waals surface area (Å²) >= 11 is 0. The zero-order valence-corrected chi connectivity index (χ0v) is 15.4. The first-order chi connectivity index (χ1) is 12.5. The van der Waals surface area contributed by atoms with Gasteiger partial charge in [-0.3, -0.25) is 9.59 Å². The number of amides is 1. The number of benzene rings is 2. The molecule has 1 aliphatic carbocycles. The SMILES string of the molecule is Cc1cc(C)cc(NC(=O)Cc2ccc(OC(=O)C3CCCC3)cc2)c1. The Hall–Kier alpha value is -2.62. The minimum Gasteiger partial charge on any atom is -0.426 e. The maximum Gasteiger partial charge on any atom is 0.314 e. The summed E-state index contributed by atoms with van der Waals surface area (Å²) in [5.74, 6) is 0.382. The van der Waals surface area contributed by atoms with Crippen LogP contribution < -0.4 is 10.1 Å². The minimum atomic E-state index is -0.136. The van der Waals surface area contributed by atoms with Crippen molar-refractivity contribution in [1.82, 2.24) is 0 Å². The van der Waals surface area contributed by atoms with Gasteiger partial charge in [-0.2, -0.15) is 0 Å². The lowest BCUT2D eigenvalue weighted by Gasteiger charge is -2.10. The van der Waals surface area contributed by atoms with Crippen molar-refractivity contribution < 1.29 is 14.3 Å². The molecule has 0 heterocycles. The number of rotatable bonds is 5. The Balaban J connectivity index is 1.54. The minimum absolute atomic E-state index is 0.0400. The van der Waals surface area contributed by atoms with Crippen molar-refractivity contribution >= 4 is 17.6 Å². The highest BCUT2D eigenvalue weighted by atomic mass is 16.5. The molecule has 1 aliphatic rings. The van der Waals surface area contributed by atoms with Gasteiger partial charge in [0.15, 0.2) is 0 Å². The maximum atomic E-state index is 12.2. The summed E-state index contributed by atoms with van der Waals surface area (Å²) in [6.45, 7) is 4.02. The Labute approximate surface area is 154 Å². The molecule has 1 saturated carbocycles. The van der Waals surface area contributed by atoms with Gasteiger partial charge in [0.25, 0.3) is 0 Å². The number of hydrogen-bond acceptors (Lipinski definition) is 3. The summed E-state index contributed by atoms with van der Waals surface area (Å²) in [6, 6.07) is 13.2. The van der Waals surface area contributed by atoms with Crippen LogP contribution in [0.3, 0.4) is 0 Å². The highest BCUT2D eigenvalue weighted by Gasteiger charge is 2.24. The Morgan fingerprint density at radius 3 is 2.23 bits per heavy atom. The first-order valence-electron chi connectivity index (χ1n) is 9.18. The largest absolute Gasteiger partial charge is 0.426 e. The predicted molar refractivity (Wildman–Crippen MR) is 102 cm³/mol. The molecule has 4 nitrogen and oxygen atoms in total. The summed E-state index contributed by atoms with van der Waals surface area (Å²) in [6.07, 6.45) is 4.34. The van der Waals surface area contributed by atoms with Gasteiger partial charge in [0.1, 0.15) is 5.75 Å². The molecule has 0 unspecified atom stereocenters. The second kappa shape index (κ2) is 8.17. The number of hydrogen-bond donors (Lipinski definition) is 1. The molecule has 2 aromatic carbocycles. The monoisotopic (exact) mass is 351 g/mol. The summed E-state index contributed by atoms with van der Waals surface area (Å²) in [4.78, 5) is 24.3. The third-order valence-electron chi connectivity index (χ3n) is 4.70. The molecule has 4 heteroatoms. The average Bonchev–Trinajstić information content (AvgIpc) is 3.10. The van der Waals surface area contributed by atoms with Gasteiger partial charge >= 0.3 is 5.97 Å². The van der Waals surface area contributed by atoms with E-state index in [1.165, 1.54) is 0 Å². The molecule has 0 aromatic heterocycles. The predicted octanol–water partition coefficient (Wildman–Crippen LogP) is 4.58. The Bertz CT molecular complexity index is 769. The number of nitrogens with one attached hydrogen (secondary N) is 1. The maximum absolute atomic E-state index is 12.2. The van der Waals surface area contributed by atoms with Crippen LogP contribution in [0.1, 0.15) is 42.4 Å². The molecule has 0 aliphatic heterocycles. The fraction of sp³-hybridized carbons (Fsp3) is 0.364. The summed E-state index contributed by atoms with van der Waals surface area (Å²) in [5, 5.41) is 2.93. The van der Waals surface area contributed by atoms with Crippen LogP contribution in [0, 0.1) is 19.8 Å². The Kier molecular flexibility index (Phi) is 5.71. The van der Waals surface area contributed by atoms with Crippen LogP contribution in [0.5, 0.6) is 5.75 Å². The normalized spacial score (nSPS) is 14.2. The smallest absolute Gasteiger partial charge is 0.314 e. The molecule has 0 saturated heterocycles. The van der Waals surface area contributed by atoms with Crippen molar-refractivity contribution in [2.45, 2.75) is 46.0 Å². The first-order valence-corrected chi connectivity index (χ1v) is 9.18. The molecular formula is C22H25NO3. The van der Waals surface area contributed by atoms with E-state index >= 15 is 0 Å². The van der Waals surface area contributed by atoms with E-state index in [-0.39, 0.29) is 24.2 Å². The van der Waals surface area contributed by atoms with Gasteiger partial charge in [0.2, 0.25) is 5.91 Å². The number of aryl methyl sites for hydroxylation is 2. The van der Waals surface area contributed by atoms with Crippen molar-refractivity contribution in [2.24, 2.45) is 5.92 Å². The zero-order chi connectivity index (χ0) is 18.5. The van der Waals surface area contributed by atoms with Crippen LogP contribution in [0.15, 0.2) is 42.5 Å². The molecule has 26 heavy (non-hydrogen) atoms. The van der Waals surface area contributed by atoms with E-state index in [0.717, 1.165) is 48.1 Å². The molecular weight excluding hydrogens is 326 g/mol. The second-order valence-electron chi connectivity index (χ2n) is 7.15. The van der Waals surface area contributed by atoms with Gasteiger partial charge in [-0.15, -0.1) is 0 Å². The number of ether oxygens (including phenoxy) is 1. The van der Waals surface area contributed by atoms with E-state index < -0.39 is 0 Å². The molecule has 1 N–H and O–H groups in total. The molecule has 1 fully saturated rings. The number of anilines is 1. The van der Waals surface area contributed by atoms with Crippen LogP contribution in [-0.2, 0) is 16.0 Å². The number of carbonyl (C=O) groups excluding carboxylic acids is 2. The summed E-state index contributed by atoms with van der Waals surface area (Å²) in [7, 11) is 0. The van der Waals surface area contributed by atoms with E-state index in [2.05, 4.69) is 11.4 Å². The van der Waals surface area contributed by atoms with Crippen molar-refractivity contribution in [3.05, 3.63) is 59.2 Å². The Morgan fingerprint density at radius 2 is 1.62 bits per heavy atom. The van der Waals surface area contributed by atoms with Crippen LogP contribution >= 0.6 is 0 Å². The zero-order valence-electron chi connectivity index (χ0n) is 15.4. The second-order valence-corrected chi connectivity index (χ2v) is 7.15. The quantitative estimate of drug-likeness (QED) is 0.634. The van der Waals surface area contributed by atoms with Crippen molar-refractivity contribution in [1.29, 1.82) is 0 Å². The van der Waals surface area contributed by atoms with Gasteiger partial charge < -0.3 is 10.1 Å². The van der Waals surface area contributed by atoms with E-state index in [9.17, 15) is 9.59 Å². The van der Waals surface area contributed by atoms with Gasteiger partial charge in [-0.25, -0.2) is 0 Å². The van der Waals surface area contributed by atoms with Crippen LogP contribution in [0.2, 0.25) is 0 Å². The fourth-order valence-electron chi connectivity index (χ4n) is 3.47. The van der Waals surface area contributed by atoms with Gasteiger partial charge in [0.05, 0.1) is 12.3 Å². The lowest BCUT2D eigenvalue weighted by atomic mass is 10.1. The van der Waals surface area contributed by atoms with E-state index in [1.807, 2.05) is 38.1 Å². The first kappa shape index (κ1) is 18.2. The lowest BCUT2D eigenvalue weighted by Crippen LogP contribution is -2.17. The van der Waals surface area contributed by atoms with Crippen molar-refractivity contribution in [3.8, 4) is 5.75 Å². The molecule has 2 aromatic rings. The van der Waals surface area contributed by atoms with Gasteiger partial charge in [-0.1, -0.05) is 31.0 Å². The fourth-order valence-corrected chi connectivity index (χ4v) is 3.47. The van der Waals surface area contributed by atoms with Crippen molar-refractivity contribution in [2.75, 3.05) is 5.32 Å². The van der Waals surface area contributed by atoms with Crippen LogP contribution in [0.25, 0.3) is 0 Å².